The molecule has 0 radical (unpaired) electrons. The van der Waals surface area contributed by atoms with Crippen LogP contribution in [-0.2, 0) is 20.7 Å². The fraction of sp³-hybridized carbons (Fsp3) is 0.231. The lowest BCUT2D eigenvalue weighted by Gasteiger charge is -2.02. The summed E-state index contributed by atoms with van der Waals surface area (Å²) in [6, 6.07) is 7.56. The number of hydrogen-bond donors (Lipinski definition) is 1. The van der Waals surface area contributed by atoms with E-state index in [1.165, 1.54) is 0 Å². The number of rotatable bonds is 5. The molecule has 4 nitrogen and oxygen atoms in total. The fourth-order valence-corrected chi connectivity index (χ4v) is 1.83. The van der Waals surface area contributed by atoms with Crippen molar-refractivity contribution in [3.63, 3.8) is 0 Å². The second-order valence-corrected chi connectivity index (χ2v) is 4.43. The number of allylic oxidation sites excluding steroid dienone is 1. The molecule has 1 rings (SSSR count). The molecule has 0 aliphatic carbocycles. The van der Waals surface area contributed by atoms with E-state index in [1.54, 1.807) is 0 Å². The lowest BCUT2D eigenvalue weighted by atomic mass is 10.1. The van der Waals surface area contributed by atoms with Crippen LogP contribution in [0, 0.1) is 0 Å². The smallest absolute Gasteiger partial charge is 0.373 e. The molecule has 18 heavy (non-hydrogen) atoms. The van der Waals surface area contributed by atoms with Crippen LogP contribution in [0.5, 0.6) is 0 Å². The van der Waals surface area contributed by atoms with Crippen LogP contribution in [0.2, 0.25) is 0 Å². The van der Waals surface area contributed by atoms with Crippen LogP contribution >= 0.6 is 15.9 Å². The zero-order valence-electron chi connectivity index (χ0n) is 9.85. The standard InChI is InChI=1S/C13H13BrO4/c1-18-13(17)12(16)8-10(15)7-6-9-4-2-3-5-11(9)14/h2-5,8,16H,6-7H2,1H3. The van der Waals surface area contributed by atoms with Gasteiger partial charge in [0.2, 0.25) is 5.76 Å². The van der Waals surface area contributed by atoms with Crippen LogP contribution in [-0.4, -0.2) is 24.0 Å². The number of carbonyl (C=O) groups excluding carboxylic acids is 2. The molecule has 0 unspecified atom stereocenters. The minimum absolute atomic E-state index is 0.212. The minimum atomic E-state index is -0.913. The Hall–Kier alpha value is -1.62. The van der Waals surface area contributed by atoms with Crippen molar-refractivity contribution in [2.75, 3.05) is 7.11 Å². The van der Waals surface area contributed by atoms with Gasteiger partial charge in [0.15, 0.2) is 5.78 Å². The molecule has 0 amide bonds. The van der Waals surface area contributed by atoms with E-state index in [9.17, 15) is 14.7 Å². The van der Waals surface area contributed by atoms with Gasteiger partial charge in [-0.3, -0.25) is 4.79 Å². The van der Waals surface area contributed by atoms with Crippen LogP contribution in [0.4, 0.5) is 0 Å². The molecule has 0 heterocycles. The molecule has 0 aromatic heterocycles. The van der Waals surface area contributed by atoms with Gasteiger partial charge in [-0.1, -0.05) is 34.1 Å². The molecule has 0 aliphatic rings. The maximum absolute atomic E-state index is 11.5. The molecule has 96 valence electrons. The quantitative estimate of drug-likeness (QED) is 0.515. The minimum Gasteiger partial charge on any atom is -0.502 e. The number of hydrogen-bond acceptors (Lipinski definition) is 4. The van der Waals surface area contributed by atoms with Crippen LogP contribution in [0.25, 0.3) is 0 Å². The average molecular weight is 313 g/mol. The summed E-state index contributed by atoms with van der Waals surface area (Å²) in [5.74, 6) is -1.91. The molecular formula is C13H13BrO4. The number of methoxy groups -OCH3 is 1. The van der Waals surface area contributed by atoms with Crippen LogP contribution in [0.15, 0.2) is 40.6 Å². The average Bonchev–Trinajstić information content (AvgIpc) is 2.36. The first-order valence-corrected chi connectivity index (χ1v) is 6.09. The van der Waals surface area contributed by atoms with Gasteiger partial charge in [-0.05, 0) is 18.1 Å². The first-order valence-electron chi connectivity index (χ1n) is 5.30. The van der Waals surface area contributed by atoms with Gasteiger partial charge in [-0.15, -0.1) is 0 Å². The van der Waals surface area contributed by atoms with Gasteiger partial charge in [-0.2, -0.15) is 0 Å². The van der Waals surface area contributed by atoms with Gasteiger partial charge in [0, 0.05) is 17.0 Å². The summed E-state index contributed by atoms with van der Waals surface area (Å²) < 4.78 is 5.21. The first-order chi connectivity index (χ1) is 8.54. The Morgan fingerprint density at radius 3 is 2.67 bits per heavy atom. The van der Waals surface area contributed by atoms with Crippen molar-refractivity contribution in [3.8, 4) is 0 Å². The summed E-state index contributed by atoms with van der Waals surface area (Å²) in [6.07, 6.45) is 1.64. The lowest BCUT2D eigenvalue weighted by Crippen LogP contribution is -2.07. The number of halogens is 1. The summed E-state index contributed by atoms with van der Waals surface area (Å²) in [5.41, 5.74) is 0.997. The third-order valence-electron chi connectivity index (χ3n) is 2.29. The second-order valence-electron chi connectivity index (χ2n) is 3.58. The first kappa shape index (κ1) is 14.4. The molecule has 5 heteroatoms. The number of aryl methyl sites for hydroxylation is 1. The van der Waals surface area contributed by atoms with Crippen LogP contribution in [0.1, 0.15) is 12.0 Å². The highest BCUT2D eigenvalue weighted by atomic mass is 79.9. The van der Waals surface area contributed by atoms with Crippen molar-refractivity contribution in [3.05, 3.63) is 46.1 Å². The summed E-state index contributed by atoms with van der Waals surface area (Å²) in [7, 11) is 1.14. The molecule has 0 saturated heterocycles. The third-order valence-corrected chi connectivity index (χ3v) is 3.06. The van der Waals surface area contributed by atoms with E-state index in [1.807, 2.05) is 24.3 Å². The van der Waals surface area contributed by atoms with E-state index in [2.05, 4.69) is 20.7 Å². The van der Waals surface area contributed by atoms with Gasteiger partial charge in [0.25, 0.3) is 0 Å². The van der Waals surface area contributed by atoms with Gasteiger partial charge < -0.3 is 9.84 Å². The Kier molecular flexibility index (Phi) is 5.58. The number of esters is 1. The summed E-state index contributed by atoms with van der Waals surface area (Å²) in [6.45, 7) is 0. The predicted octanol–water partition coefficient (Wildman–Crippen LogP) is 2.57. The number of ether oxygens (including phenoxy) is 1. The van der Waals surface area contributed by atoms with Crippen molar-refractivity contribution in [1.82, 2.24) is 0 Å². The SMILES string of the molecule is COC(=O)C(O)=CC(=O)CCc1ccccc1Br. The normalized spacial score (nSPS) is 11.1. The number of benzene rings is 1. The van der Waals surface area contributed by atoms with Gasteiger partial charge in [0.05, 0.1) is 7.11 Å². The van der Waals surface area contributed by atoms with E-state index in [4.69, 9.17) is 0 Å². The Morgan fingerprint density at radius 2 is 2.06 bits per heavy atom. The number of carbonyl (C=O) groups is 2. The molecular weight excluding hydrogens is 300 g/mol. The maximum Gasteiger partial charge on any atom is 0.373 e. The molecule has 1 N–H and O–H groups in total. The third kappa shape index (κ3) is 4.33. The van der Waals surface area contributed by atoms with Gasteiger partial charge >= 0.3 is 5.97 Å². The van der Waals surface area contributed by atoms with Crippen molar-refractivity contribution < 1.29 is 19.4 Å². The highest BCUT2D eigenvalue weighted by Gasteiger charge is 2.10. The summed E-state index contributed by atoms with van der Waals surface area (Å²) in [5, 5.41) is 9.20. The molecule has 0 fully saturated rings. The van der Waals surface area contributed by atoms with E-state index >= 15 is 0 Å². The number of ketones is 1. The maximum atomic E-state index is 11.5. The summed E-state index contributed by atoms with van der Waals surface area (Å²) >= 11 is 3.38. The Labute approximate surface area is 113 Å². The molecule has 1 aromatic carbocycles. The monoisotopic (exact) mass is 312 g/mol. The predicted molar refractivity (Wildman–Crippen MR) is 70.2 cm³/mol. The summed E-state index contributed by atoms with van der Waals surface area (Å²) in [4.78, 5) is 22.4. The van der Waals surface area contributed by atoms with E-state index in [-0.39, 0.29) is 12.2 Å². The highest BCUT2D eigenvalue weighted by molar-refractivity contribution is 9.10. The Morgan fingerprint density at radius 1 is 1.39 bits per heavy atom. The molecule has 0 bridgehead atoms. The molecule has 1 aromatic rings. The number of aliphatic hydroxyl groups excluding tert-OH is 1. The topological polar surface area (TPSA) is 63.6 Å². The van der Waals surface area contributed by atoms with Crippen molar-refractivity contribution in [2.24, 2.45) is 0 Å². The lowest BCUT2D eigenvalue weighted by molar-refractivity contribution is -0.139. The highest BCUT2D eigenvalue weighted by Crippen LogP contribution is 2.17. The Bertz CT molecular complexity index is 480. The van der Waals surface area contributed by atoms with E-state index < -0.39 is 11.7 Å². The molecule has 0 saturated carbocycles. The number of aliphatic hydroxyl groups is 1. The van der Waals surface area contributed by atoms with Crippen molar-refractivity contribution in [1.29, 1.82) is 0 Å². The molecule has 0 aliphatic heterocycles. The molecule has 0 atom stereocenters. The van der Waals surface area contributed by atoms with Gasteiger partial charge in [-0.25, -0.2) is 4.79 Å². The fourth-order valence-electron chi connectivity index (χ4n) is 1.35. The van der Waals surface area contributed by atoms with Crippen molar-refractivity contribution in [2.45, 2.75) is 12.8 Å². The van der Waals surface area contributed by atoms with Crippen molar-refractivity contribution >= 4 is 27.7 Å². The zero-order chi connectivity index (χ0) is 13.5. The second kappa shape index (κ2) is 6.96. The largest absolute Gasteiger partial charge is 0.502 e. The molecule has 0 spiro atoms. The van der Waals surface area contributed by atoms with Crippen LogP contribution < -0.4 is 0 Å². The van der Waals surface area contributed by atoms with Gasteiger partial charge in [0.1, 0.15) is 0 Å². The van der Waals surface area contributed by atoms with E-state index in [0.29, 0.717) is 6.42 Å². The van der Waals surface area contributed by atoms with E-state index in [0.717, 1.165) is 23.2 Å². The Balaban J connectivity index is 2.57. The zero-order valence-corrected chi connectivity index (χ0v) is 11.4. The van der Waals surface area contributed by atoms with Crippen LogP contribution in [0.3, 0.4) is 0 Å².